The Hall–Kier alpha value is -2.98. The van der Waals surface area contributed by atoms with Crippen LogP contribution in [0.2, 0.25) is 0 Å². The highest BCUT2D eigenvalue weighted by Gasteiger charge is 2.37. The molecule has 10 heteroatoms. The number of benzene rings is 1. The van der Waals surface area contributed by atoms with Crippen LogP contribution in [0.4, 0.5) is 13.6 Å². The molecule has 0 aliphatic carbocycles. The summed E-state index contributed by atoms with van der Waals surface area (Å²) in [5.74, 6) is -2.04. The highest BCUT2D eigenvalue weighted by atomic mass is 32.2. The van der Waals surface area contributed by atoms with E-state index >= 15 is 0 Å². The third-order valence-electron chi connectivity index (χ3n) is 4.63. The van der Waals surface area contributed by atoms with Crippen molar-refractivity contribution >= 4 is 34.9 Å². The molecule has 0 spiro atoms. The van der Waals surface area contributed by atoms with Gasteiger partial charge in [-0.05, 0) is 36.0 Å². The number of halogens is 2. The molecular formula is C20H16F2N2O5S. The van der Waals surface area contributed by atoms with Gasteiger partial charge in [0.05, 0.1) is 23.7 Å². The van der Waals surface area contributed by atoms with Crippen molar-refractivity contribution in [2.45, 2.75) is 0 Å². The second kappa shape index (κ2) is 8.41. The lowest BCUT2D eigenvalue weighted by Crippen LogP contribution is -2.46. The molecule has 2 aliphatic heterocycles. The molecule has 0 bridgehead atoms. The maximum atomic E-state index is 13.9. The van der Waals surface area contributed by atoms with Crippen molar-refractivity contribution < 1.29 is 32.3 Å². The molecule has 30 heavy (non-hydrogen) atoms. The van der Waals surface area contributed by atoms with Crippen LogP contribution in [0, 0.1) is 11.6 Å². The first kappa shape index (κ1) is 20.3. The lowest BCUT2D eigenvalue weighted by atomic mass is 10.1. The quantitative estimate of drug-likeness (QED) is 0.688. The molecule has 0 unspecified atom stereocenters. The summed E-state index contributed by atoms with van der Waals surface area (Å²) in [6, 6.07) is 6.09. The van der Waals surface area contributed by atoms with Gasteiger partial charge in [0.15, 0.2) is 0 Å². The first-order chi connectivity index (χ1) is 14.4. The van der Waals surface area contributed by atoms with Crippen LogP contribution in [0.1, 0.15) is 5.76 Å². The molecule has 7 nitrogen and oxygen atoms in total. The van der Waals surface area contributed by atoms with E-state index in [1.807, 2.05) is 0 Å². The predicted molar refractivity (Wildman–Crippen MR) is 104 cm³/mol. The largest absolute Gasteiger partial charge is 0.457 e. The van der Waals surface area contributed by atoms with Gasteiger partial charge in [0, 0.05) is 25.2 Å². The number of imide groups is 1. The number of rotatable bonds is 4. The maximum Gasteiger partial charge on any atom is 0.294 e. The molecule has 1 aromatic carbocycles. The first-order valence-corrected chi connectivity index (χ1v) is 9.90. The molecule has 2 aliphatic rings. The Morgan fingerprint density at radius 3 is 2.63 bits per heavy atom. The zero-order valence-electron chi connectivity index (χ0n) is 15.6. The topological polar surface area (TPSA) is 80.1 Å². The average molecular weight is 434 g/mol. The highest BCUT2D eigenvalue weighted by Crippen LogP contribution is 2.33. The number of thioether (sulfide) groups is 1. The maximum absolute atomic E-state index is 13.9. The standard InChI is InChI=1S/C20H16F2N2O5S/c21-12-1-3-14(15(22)9-12)16-4-2-13(29-16)10-17-19(26)24(20(27)30-17)11-18(25)23-5-7-28-8-6-23/h1-4,9-10H,5-8,11H2/b17-10+. The van der Waals surface area contributed by atoms with Crippen LogP contribution in [0.5, 0.6) is 0 Å². The normalized spacial score (nSPS) is 18.5. The van der Waals surface area contributed by atoms with E-state index < -0.39 is 22.8 Å². The van der Waals surface area contributed by atoms with Gasteiger partial charge in [-0.1, -0.05) is 0 Å². The second-order valence-electron chi connectivity index (χ2n) is 6.59. The van der Waals surface area contributed by atoms with Gasteiger partial charge in [-0.15, -0.1) is 0 Å². The summed E-state index contributed by atoms with van der Waals surface area (Å²) in [7, 11) is 0. The van der Waals surface area contributed by atoms with Gasteiger partial charge in [0.1, 0.15) is 29.7 Å². The summed E-state index contributed by atoms with van der Waals surface area (Å²) >= 11 is 0.695. The minimum absolute atomic E-state index is 0.0697. The molecule has 0 N–H and O–H groups in total. The van der Waals surface area contributed by atoms with E-state index in [1.54, 1.807) is 4.90 Å². The summed E-state index contributed by atoms with van der Waals surface area (Å²) in [5.41, 5.74) is 0.0697. The van der Waals surface area contributed by atoms with Crippen LogP contribution in [0.3, 0.4) is 0 Å². The number of nitrogens with zero attached hydrogens (tertiary/aromatic N) is 2. The van der Waals surface area contributed by atoms with Crippen molar-refractivity contribution in [1.29, 1.82) is 0 Å². The van der Waals surface area contributed by atoms with Crippen LogP contribution >= 0.6 is 11.8 Å². The SMILES string of the molecule is O=C(CN1C(=O)S/C(=C/c2ccc(-c3ccc(F)cc3F)o2)C1=O)N1CCOCC1. The number of furan rings is 1. The van der Waals surface area contributed by atoms with Gasteiger partial charge >= 0.3 is 0 Å². The van der Waals surface area contributed by atoms with E-state index in [-0.39, 0.29) is 34.4 Å². The fourth-order valence-electron chi connectivity index (χ4n) is 3.08. The summed E-state index contributed by atoms with van der Waals surface area (Å²) in [5, 5.41) is -0.552. The van der Waals surface area contributed by atoms with Gasteiger partial charge < -0.3 is 14.1 Å². The van der Waals surface area contributed by atoms with Gasteiger partial charge in [-0.3, -0.25) is 19.3 Å². The monoisotopic (exact) mass is 434 g/mol. The van der Waals surface area contributed by atoms with E-state index in [0.717, 1.165) is 17.0 Å². The molecule has 0 atom stereocenters. The molecule has 4 rings (SSSR count). The number of carbonyl (C=O) groups is 3. The van der Waals surface area contributed by atoms with Crippen LogP contribution in [0.25, 0.3) is 17.4 Å². The average Bonchev–Trinajstić information content (AvgIpc) is 3.29. The molecule has 2 fully saturated rings. The Kier molecular flexibility index (Phi) is 5.69. The lowest BCUT2D eigenvalue weighted by Gasteiger charge is -2.27. The molecule has 3 amide bonds. The Bertz CT molecular complexity index is 1050. The molecule has 3 heterocycles. The smallest absolute Gasteiger partial charge is 0.294 e. The van der Waals surface area contributed by atoms with E-state index in [2.05, 4.69) is 0 Å². The Morgan fingerprint density at radius 1 is 1.13 bits per heavy atom. The Balaban J connectivity index is 1.48. The third-order valence-corrected chi connectivity index (χ3v) is 5.53. The Labute approximate surface area is 174 Å². The molecule has 156 valence electrons. The minimum atomic E-state index is -0.780. The third kappa shape index (κ3) is 4.14. The summed E-state index contributed by atoms with van der Waals surface area (Å²) in [4.78, 5) is 39.7. The van der Waals surface area contributed by atoms with Crippen LogP contribution in [-0.4, -0.2) is 59.7 Å². The second-order valence-corrected chi connectivity index (χ2v) is 7.58. The van der Waals surface area contributed by atoms with Gasteiger partial charge in [-0.25, -0.2) is 8.78 Å². The molecule has 0 saturated carbocycles. The molecule has 2 saturated heterocycles. The van der Waals surface area contributed by atoms with Crippen molar-refractivity contribution in [2.75, 3.05) is 32.8 Å². The van der Waals surface area contributed by atoms with Crippen molar-refractivity contribution in [2.24, 2.45) is 0 Å². The number of hydrogen-bond donors (Lipinski definition) is 0. The van der Waals surface area contributed by atoms with Crippen molar-refractivity contribution in [1.82, 2.24) is 9.80 Å². The van der Waals surface area contributed by atoms with Crippen molar-refractivity contribution in [3.8, 4) is 11.3 Å². The highest BCUT2D eigenvalue weighted by molar-refractivity contribution is 8.18. The van der Waals surface area contributed by atoms with Crippen LogP contribution in [-0.2, 0) is 14.3 Å². The van der Waals surface area contributed by atoms with Gasteiger partial charge in [-0.2, -0.15) is 0 Å². The van der Waals surface area contributed by atoms with E-state index in [1.165, 1.54) is 24.3 Å². The number of hydrogen-bond acceptors (Lipinski definition) is 6. The molecule has 0 radical (unpaired) electrons. The fraction of sp³-hybridized carbons (Fsp3) is 0.250. The molecule has 1 aromatic heterocycles. The van der Waals surface area contributed by atoms with E-state index in [4.69, 9.17) is 9.15 Å². The van der Waals surface area contributed by atoms with Crippen molar-refractivity contribution in [3.05, 3.63) is 52.6 Å². The molecule has 2 aromatic rings. The minimum Gasteiger partial charge on any atom is -0.457 e. The number of amides is 3. The van der Waals surface area contributed by atoms with E-state index in [0.29, 0.717) is 38.1 Å². The number of carbonyl (C=O) groups excluding carboxylic acids is 3. The van der Waals surface area contributed by atoms with Crippen LogP contribution in [0.15, 0.2) is 39.7 Å². The fourth-order valence-corrected chi connectivity index (χ4v) is 3.90. The van der Waals surface area contributed by atoms with E-state index in [9.17, 15) is 23.2 Å². The first-order valence-electron chi connectivity index (χ1n) is 9.08. The van der Waals surface area contributed by atoms with Gasteiger partial charge in [0.25, 0.3) is 11.1 Å². The molecular weight excluding hydrogens is 418 g/mol. The zero-order valence-corrected chi connectivity index (χ0v) is 16.4. The van der Waals surface area contributed by atoms with Crippen molar-refractivity contribution in [3.63, 3.8) is 0 Å². The number of morpholine rings is 1. The predicted octanol–water partition coefficient (Wildman–Crippen LogP) is 3.12. The zero-order chi connectivity index (χ0) is 21.3. The summed E-state index contributed by atoms with van der Waals surface area (Å²) < 4.78 is 37.7. The van der Waals surface area contributed by atoms with Gasteiger partial charge in [0.2, 0.25) is 5.91 Å². The lowest BCUT2D eigenvalue weighted by molar-refractivity contribution is -0.139. The Morgan fingerprint density at radius 2 is 1.90 bits per heavy atom. The summed E-state index contributed by atoms with van der Waals surface area (Å²) in [6.07, 6.45) is 1.36. The van der Waals surface area contributed by atoms with Crippen LogP contribution < -0.4 is 0 Å². The number of ether oxygens (including phenoxy) is 1. The summed E-state index contributed by atoms with van der Waals surface area (Å²) in [6.45, 7) is 1.33.